The van der Waals surface area contributed by atoms with E-state index in [2.05, 4.69) is 9.88 Å². The Bertz CT molecular complexity index is 719. The van der Waals surface area contributed by atoms with Gasteiger partial charge in [-0.25, -0.2) is 9.37 Å². The Kier molecular flexibility index (Phi) is 4.28. The molecule has 2 heterocycles. The Morgan fingerprint density at radius 2 is 2.00 bits per heavy atom. The van der Waals surface area contributed by atoms with Crippen molar-refractivity contribution in [2.75, 3.05) is 24.5 Å². The van der Waals surface area contributed by atoms with Gasteiger partial charge in [-0.3, -0.25) is 4.79 Å². The van der Waals surface area contributed by atoms with Gasteiger partial charge < -0.3 is 9.80 Å². The minimum atomic E-state index is -0.383. The van der Waals surface area contributed by atoms with E-state index in [0.29, 0.717) is 12.1 Å². The number of pyridine rings is 1. The molecule has 0 aliphatic carbocycles. The van der Waals surface area contributed by atoms with Crippen LogP contribution in [0, 0.1) is 12.7 Å². The van der Waals surface area contributed by atoms with Crippen LogP contribution in [-0.4, -0.2) is 41.5 Å². The third-order valence-electron chi connectivity index (χ3n) is 4.16. The molecule has 0 saturated carbocycles. The molecule has 1 unspecified atom stereocenters. The third-order valence-corrected chi connectivity index (χ3v) is 4.16. The molecule has 3 rings (SSSR count). The van der Waals surface area contributed by atoms with Crippen LogP contribution < -0.4 is 4.90 Å². The number of carbonyl (C=O) groups excluding carboxylic acids is 1. The molecule has 120 valence electrons. The Balaban J connectivity index is 1.72. The monoisotopic (exact) mass is 313 g/mol. The van der Waals surface area contributed by atoms with Crippen LogP contribution in [0.5, 0.6) is 0 Å². The lowest BCUT2D eigenvalue weighted by Crippen LogP contribution is -2.54. The summed E-state index contributed by atoms with van der Waals surface area (Å²) in [6.07, 6.45) is 0. The van der Waals surface area contributed by atoms with Crippen LogP contribution in [0.25, 0.3) is 0 Å². The van der Waals surface area contributed by atoms with Crippen LogP contribution in [0.2, 0.25) is 0 Å². The Labute approximate surface area is 135 Å². The van der Waals surface area contributed by atoms with Gasteiger partial charge >= 0.3 is 0 Å². The second kappa shape index (κ2) is 6.36. The summed E-state index contributed by atoms with van der Waals surface area (Å²) < 4.78 is 13.3. The van der Waals surface area contributed by atoms with E-state index in [4.69, 9.17) is 0 Å². The summed E-state index contributed by atoms with van der Waals surface area (Å²) in [6.45, 7) is 6.03. The minimum absolute atomic E-state index is 0.0434. The van der Waals surface area contributed by atoms with Crippen molar-refractivity contribution in [3.05, 3.63) is 59.5 Å². The molecule has 1 aromatic heterocycles. The van der Waals surface area contributed by atoms with Gasteiger partial charge in [0.15, 0.2) is 0 Å². The SMILES string of the molecule is Cc1cccc(N2CCN(C(=O)c3cccc(F)c3)C(C)C2)n1. The lowest BCUT2D eigenvalue weighted by atomic mass is 10.1. The summed E-state index contributed by atoms with van der Waals surface area (Å²) in [5.41, 5.74) is 1.38. The van der Waals surface area contributed by atoms with Gasteiger partial charge in [0.1, 0.15) is 11.6 Å². The van der Waals surface area contributed by atoms with Crippen LogP contribution >= 0.6 is 0 Å². The highest BCUT2D eigenvalue weighted by molar-refractivity contribution is 5.94. The normalized spacial score (nSPS) is 18.1. The molecule has 23 heavy (non-hydrogen) atoms. The summed E-state index contributed by atoms with van der Waals surface area (Å²) in [4.78, 5) is 21.1. The number of nitrogens with zero attached hydrogens (tertiary/aromatic N) is 3. The van der Waals surface area contributed by atoms with E-state index < -0.39 is 0 Å². The first-order valence-corrected chi connectivity index (χ1v) is 7.80. The fourth-order valence-electron chi connectivity index (χ4n) is 2.96. The zero-order chi connectivity index (χ0) is 16.4. The molecule has 1 aliphatic heterocycles. The van der Waals surface area contributed by atoms with Gasteiger partial charge in [0.25, 0.3) is 5.91 Å². The molecule has 0 bridgehead atoms. The second-order valence-corrected chi connectivity index (χ2v) is 5.94. The molecular weight excluding hydrogens is 293 g/mol. The van der Waals surface area contributed by atoms with Crippen LogP contribution in [0.1, 0.15) is 23.0 Å². The van der Waals surface area contributed by atoms with Crippen molar-refractivity contribution in [3.8, 4) is 0 Å². The smallest absolute Gasteiger partial charge is 0.254 e. The van der Waals surface area contributed by atoms with Crippen molar-refractivity contribution in [3.63, 3.8) is 0 Å². The zero-order valence-electron chi connectivity index (χ0n) is 13.4. The van der Waals surface area contributed by atoms with E-state index >= 15 is 0 Å². The van der Waals surface area contributed by atoms with Crippen molar-refractivity contribution >= 4 is 11.7 Å². The van der Waals surface area contributed by atoms with Crippen molar-refractivity contribution in [1.29, 1.82) is 0 Å². The summed E-state index contributed by atoms with van der Waals surface area (Å²) in [6, 6.07) is 11.9. The zero-order valence-corrected chi connectivity index (χ0v) is 13.4. The van der Waals surface area contributed by atoms with E-state index in [9.17, 15) is 9.18 Å². The van der Waals surface area contributed by atoms with E-state index in [1.54, 1.807) is 17.0 Å². The first-order valence-electron chi connectivity index (χ1n) is 7.80. The maximum absolute atomic E-state index is 13.3. The predicted octanol–water partition coefficient (Wildman–Crippen LogP) is 2.88. The minimum Gasteiger partial charge on any atom is -0.353 e. The molecule has 4 nitrogen and oxygen atoms in total. The van der Waals surface area contributed by atoms with Crippen molar-refractivity contribution in [2.24, 2.45) is 0 Å². The Morgan fingerprint density at radius 3 is 2.70 bits per heavy atom. The molecule has 1 saturated heterocycles. The Morgan fingerprint density at radius 1 is 1.22 bits per heavy atom. The van der Waals surface area contributed by atoms with Gasteiger partial charge in [-0.1, -0.05) is 12.1 Å². The highest BCUT2D eigenvalue weighted by Crippen LogP contribution is 2.19. The average molecular weight is 313 g/mol. The number of piperazine rings is 1. The summed E-state index contributed by atoms with van der Waals surface area (Å²) >= 11 is 0. The number of carbonyl (C=O) groups is 1. The quantitative estimate of drug-likeness (QED) is 0.855. The van der Waals surface area contributed by atoms with Gasteiger partial charge in [0, 0.05) is 36.9 Å². The first-order chi connectivity index (χ1) is 11.0. The van der Waals surface area contributed by atoms with Crippen molar-refractivity contribution in [2.45, 2.75) is 19.9 Å². The molecule has 0 N–H and O–H groups in total. The van der Waals surface area contributed by atoms with E-state index in [1.165, 1.54) is 12.1 Å². The number of benzene rings is 1. The fourth-order valence-corrected chi connectivity index (χ4v) is 2.96. The number of hydrogen-bond donors (Lipinski definition) is 0. The summed E-state index contributed by atoms with van der Waals surface area (Å²) in [7, 11) is 0. The molecule has 0 spiro atoms. The van der Waals surface area contributed by atoms with Crippen LogP contribution in [0.4, 0.5) is 10.2 Å². The third kappa shape index (κ3) is 3.33. The fraction of sp³-hybridized carbons (Fsp3) is 0.333. The maximum atomic E-state index is 13.3. The van der Waals surface area contributed by atoms with Crippen LogP contribution in [-0.2, 0) is 0 Å². The molecule has 1 aliphatic rings. The topological polar surface area (TPSA) is 36.4 Å². The Hall–Kier alpha value is -2.43. The number of amides is 1. The number of aryl methyl sites for hydroxylation is 1. The number of hydrogen-bond acceptors (Lipinski definition) is 3. The van der Waals surface area contributed by atoms with E-state index in [-0.39, 0.29) is 17.8 Å². The lowest BCUT2D eigenvalue weighted by molar-refractivity contribution is 0.0673. The van der Waals surface area contributed by atoms with Crippen LogP contribution in [0.3, 0.4) is 0 Å². The number of halogens is 1. The average Bonchev–Trinajstić information content (AvgIpc) is 2.54. The number of aromatic nitrogens is 1. The molecule has 1 atom stereocenters. The van der Waals surface area contributed by atoms with Crippen molar-refractivity contribution < 1.29 is 9.18 Å². The second-order valence-electron chi connectivity index (χ2n) is 5.94. The molecule has 1 amide bonds. The summed E-state index contributed by atoms with van der Waals surface area (Å²) in [5, 5.41) is 0. The number of anilines is 1. The van der Waals surface area contributed by atoms with Crippen molar-refractivity contribution in [1.82, 2.24) is 9.88 Å². The van der Waals surface area contributed by atoms with E-state index in [1.807, 2.05) is 32.0 Å². The molecule has 2 aromatic rings. The highest BCUT2D eigenvalue weighted by Gasteiger charge is 2.28. The van der Waals surface area contributed by atoms with Crippen LogP contribution in [0.15, 0.2) is 42.5 Å². The van der Waals surface area contributed by atoms with Gasteiger partial charge in [-0.05, 0) is 44.2 Å². The van der Waals surface area contributed by atoms with E-state index in [0.717, 1.165) is 24.6 Å². The molecule has 1 fully saturated rings. The largest absolute Gasteiger partial charge is 0.353 e. The standard InChI is InChI=1S/C18H20FN3O/c1-13-5-3-8-17(20-13)21-9-10-22(14(2)12-21)18(23)15-6-4-7-16(19)11-15/h3-8,11,14H,9-10,12H2,1-2H3. The lowest BCUT2D eigenvalue weighted by Gasteiger charge is -2.40. The number of rotatable bonds is 2. The van der Waals surface area contributed by atoms with Gasteiger partial charge in [0.2, 0.25) is 0 Å². The molecule has 0 radical (unpaired) electrons. The molecular formula is C18H20FN3O. The predicted molar refractivity (Wildman–Crippen MR) is 88.1 cm³/mol. The molecule has 5 heteroatoms. The summed E-state index contributed by atoms with van der Waals surface area (Å²) in [5.74, 6) is 0.439. The van der Waals surface area contributed by atoms with Gasteiger partial charge in [-0.15, -0.1) is 0 Å². The van der Waals surface area contributed by atoms with Gasteiger partial charge in [-0.2, -0.15) is 0 Å². The molecule has 1 aromatic carbocycles. The maximum Gasteiger partial charge on any atom is 0.254 e. The highest BCUT2D eigenvalue weighted by atomic mass is 19.1. The van der Waals surface area contributed by atoms with Gasteiger partial charge in [0.05, 0.1) is 0 Å². The first kappa shape index (κ1) is 15.5.